The van der Waals surface area contributed by atoms with E-state index in [4.69, 9.17) is 10.4 Å². The molecule has 0 bridgehead atoms. The molecule has 0 saturated carbocycles. The highest BCUT2D eigenvalue weighted by molar-refractivity contribution is 5.93. The molecule has 0 unspecified atom stereocenters. The Labute approximate surface area is 131 Å². The summed E-state index contributed by atoms with van der Waals surface area (Å²) in [5.41, 5.74) is 9.88. The molecule has 0 spiro atoms. The minimum Gasteiger partial charge on any atom is -0.379 e. The van der Waals surface area contributed by atoms with Crippen LogP contribution < -0.4 is 5.73 Å². The van der Waals surface area contributed by atoms with Gasteiger partial charge in [0.05, 0.1) is 11.7 Å². The largest absolute Gasteiger partial charge is 0.379 e. The number of aryl methyl sites for hydroxylation is 1. The monoisotopic (exact) mass is 307 g/mol. The van der Waals surface area contributed by atoms with Crippen LogP contribution in [0.3, 0.4) is 0 Å². The number of nitrogen functional groups attached to an aromatic ring is 1. The number of nitrogens with two attached hydrogens (primary N) is 1. The minimum atomic E-state index is 0.214. The molecule has 0 radical (unpaired) electrons. The summed E-state index contributed by atoms with van der Waals surface area (Å²) in [6, 6.07) is 3.88. The highest BCUT2D eigenvalue weighted by Gasteiger charge is 2.20. The van der Waals surface area contributed by atoms with Crippen molar-refractivity contribution in [3.05, 3.63) is 36.9 Å². The van der Waals surface area contributed by atoms with Gasteiger partial charge in [0.2, 0.25) is 0 Å². The lowest BCUT2D eigenvalue weighted by Crippen LogP contribution is -2.01. The maximum Gasteiger partial charge on any atom is 0.199 e. The zero-order valence-electron chi connectivity index (χ0n) is 12.3. The van der Waals surface area contributed by atoms with Crippen molar-refractivity contribution >= 4 is 16.9 Å². The maximum atomic E-state index is 5.82. The fourth-order valence-electron chi connectivity index (χ4n) is 2.66. The minimum absolute atomic E-state index is 0.214. The topological polar surface area (TPSA) is 109 Å². The van der Waals surface area contributed by atoms with E-state index >= 15 is 0 Å². The van der Waals surface area contributed by atoms with Crippen molar-refractivity contribution in [2.45, 2.75) is 13.5 Å². The van der Waals surface area contributed by atoms with Gasteiger partial charge in [0.1, 0.15) is 5.52 Å². The van der Waals surface area contributed by atoms with E-state index in [2.05, 4.69) is 25.3 Å². The first-order valence-electron chi connectivity index (χ1n) is 7.12. The van der Waals surface area contributed by atoms with Crippen LogP contribution in [0.2, 0.25) is 0 Å². The Morgan fingerprint density at radius 1 is 1.17 bits per heavy atom. The predicted molar refractivity (Wildman–Crippen MR) is 84.1 cm³/mol. The first kappa shape index (κ1) is 13.4. The Kier molecular flexibility index (Phi) is 3.00. The number of hydrogen-bond acceptors (Lipinski definition) is 7. The Balaban J connectivity index is 2.05. The lowest BCUT2D eigenvalue weighted by Gasteiger charge is -2.08. The van der Waals surface area contributed by atoms with E-state index in [-0.39, 0.29) is 5.82 Å². The molecule has 0 fully saturated rings. The lowest BCUT2D eigenvalue weighted by molar-refractivity contribution is 0.310. The molecule has 23 heavy (non-hydrogen) atoms. The molecule has 0 aromatic carbocycles. The van der Waals surface area contributed by atoms with Gasteiger partial charge in [0.25, 0.3) is 0 Å². The molecule has 0 atom stereocenters. The molecule has 0 aliphatic rings. The highest BCUT2D eigenvalue weighted by atomic mass is 16.6. The molecule has 0 aliphatic carbocycles. The molecule has 0 saturated heterocycles. The predicted octanol–water partition coefficient (Wildman–Crippen LogP) is 2.15. The fourth-order valence-corrected chi connectivity index (χ4v) is 2.66. The van der Waals surface area contributed by atoms with Gasteiger partial charge in [-0.3, -0.25) is 9.97 Å². The van der Waals surface area contributed by atoms with Gasteiger partial charge in [-0.2, -0.15) is 0 Å². The van der Waals surface area contributed by atoms with Gasteiger partial charge >= 0.3 is 0 Å². The normalized spacial score (nSPS) is 11.2. The molecule has 4 rings (SSSR count). The van der Waals surface area contributed by atoms with Crippen LogP contribution in [0.25, 0.3) is 33.7 Å². The van der Waals surface area contributed by atoms with Crippen molar-refractivity contribution < 1.29 is 4.63 Å². The second-order valence-electron chi connectivity index (χ2n) is 4.97. The van der Waals surface area contributed by atoms with Crippen LogP contribution in [0.15, 0.2) is 41.5 Å². The van der Waals surface area contributed by atoms with E-state index < -0.39 is 0 Å². The van der Waals surface area contributed by atoms with E-state index in [1.807, 2.05) is 23.6 Å². The first-order chi connectivity index (χ1) is 11.3. The van der Waals surface area contributed by atoms with Crippen LogP contribution in [0, 0.1) is 0 Å². The number of rotatable bonds is 3. The van der Waals surface area contributed by atoms with E-state index in [0.29, 0.717) is 18.1 Å². The van der Waals surface area contributed by atoms with Gasteiger partial charge in [0.15, 0.2) is 17.3 Å². The van der Waals surface area contributed by atoms with E-state index in [9.17, 15) is 0 Å². The van der Waals surface area contributed by atoms with E-state index in [0.717, 1.165) is 22.2 Å². The van der Waals surface area contributed by atoms with Crippen LogP contribution in [-0.4, -0.2) is 29.8 Å². The summed E-state index contributed by atoms with van der Waals surface area (Å²) in [5.74, 6) is 0.824. The van der Waals surface area contributed by atoms with Crippen LogP contribution in [0.5, 0.6) is 0 Å². The molecule has 4 aromatic rings. The fraction of sp³-hybridized carbons (Fsp3) is 0.133. The molecular formula is C15H13N7O. The van der Waals surface area contributed by atoms with E-state index in [1.165, 1.54) is 0 Å². The number of aromatic nitrogens is 6. The quantitative estimate of drug-likeness (QED) is 0.617. The number of hydrogen-bond donors (Lipinski definition) is 1. The zero-order valence-corrected chi connectivity index (χ0v) is 12.3. The Morgan fingerprint density at radius 2 is 2.09 bits per heavy atom. The summed E-state index contributed by atoms with van der Waals surface area (Å²) in [5, 5.41) is 7.50. The van der Waals surface area contributed by atoms with Crippen LogP contribution >= 0.6 is 0 Å². The molecule has 0 amide bonds. The molecular weight excluding hydrogens is 294 g/mol. The van der Waals surface area contributed by atoms with Gasteiger partial charge in [0, 0.05) is 36.3 Å². The van der Waals surface area contributed by atoms with Crippen molar-refractivity contribution in [3.63, 3.8) is 0 Å². The summed E-state index contributed by atoms with van der Waals surface area (Å²) in [7, 11) is 0. The Hall–Kier alpha value is -3.29. The summed E-state index contributed by atoms with van der Waals surface area (Å²) in [6.45, 7) is 2.72. The Bertz CT molecular complexity index is 974. The molecule has 0 aliphatic heterocycles. The zero-order chi connectivity index (χ0) is 15.8. The van der Waals surface area contributed by atoms with Crippen molar-refractivity contribution in [3.8, 4) is 22.6 Å². The van der Waals surface area contributed by atoms with Gasteiger partial charge < -0.3 is 10.3 Å². The van der Waals surface area contributed by atoms with Crippen LogP contribution in [-0.2, 0) is 6.54 Å². The van der Waals surface area contributed by atoms with E-state index in [1.54, 1.807) is 24.8 Å². The summed E-state index contributed by atoms with van der Waals surface area (Å²) < 4.78 is 6.73. The van der Waals surface area contributed by atoms with Gasteiger partial charge in [-0.05, 0) is 23.3 Å². The molecule has 2 N–H and O–H groups in total. The van der Waals surface area contributed by atoms with Gasteiger partial charge in [-0.1, -0.05) is 6.07 Å². The number of anilines is 1. The molecule has 4 aromatic heterocycles. The standard InChI is InChI=1S/C15H13N7O/c1-2-22-13-10(9-4-3-5-17-6-9)7-18-8-11(13)19-15(22)12-14(16)21-23-20-12/h3-8H,2H2,1H3,(H2,16,21). The smallest absolute Gasteiger partial charge is 0.199 e. The number of imidazole rings is 1. The van der Waals surface area contributed by atoms with Crippen LogP contribution in [0.1, 0.15) is 6.92 Å². The average Bonchev–Trinajstić information content (AvgIpc) is 3.17. The second-order valence-corrected chi connectivity index (χ2v) is 4.97. The van der Waals surface area contributed by atoms with Crippen LogP contribution in [0.4, 0.5) is 5.82 Å². The maximum absolute atomic E-state index is 5.82. The lowest BCUT2D eigenvalue weighted by atomic mass is 10.1. The molecule has 8 nitrogen and oxygen atoms in total. The van der Waals surface area contributed by atoms with Crippen molar-refractivity contribution in [1.29, 1.82) is 0 Å². The average molecular weight is 307 g/mol. The molecule has 4 heterocycles. The third-order valence-electron chi connectivity index (χ3n) is 3.66. The second kappa shape index (κ2) is 5.16. The third kappa shape index (κ3) is 2.03. The summed E-state index contributed by atoms with van der Waals surface area (Å²) in [4.78, 5) is 13.1. The third-order valence-corrected chi connectivity index (χ3v) is 3.66. The summed E-state index contributed by atoms with van der Waals surface area (Å²) in [6.07, 6.45) is 7.06. The molecule has 114 valence electrons. The highest BCUT2D eigenvalue weighted by Crippen LogP contribution is 2.32. The van der Waals surface area contributed by atoms with Gasteiger partial charge in [-0.25, -0.2) is 9.61 Å². The molecule has 8 heteroatoms. The number of nitrogens with zero attached hydrogens (tertiary/aromatic N) is 6. The van der Waals surface area contributed by atoms with Gasteiger partial charge in [-0.15, -0.1) is 0 Å². The summed E-state index contributed by atoms with van der Waals surface area (Å²) >= 11 is 0. The first-order valence-corrected chi connectivity index (χ1v) is 7.12. The SMILES string of the molecule is CCn1c(-c2nonc2N)nc2cncc(-c3cccnc3)c21. The number of fused-ring (bicyclic) bond motifs is 1. The van der Waals surface area contributed by atoms with Crippen molar-refractivity contribution in [1.82, 2.24) is 29.8 Å². The Morgan fingerprint density at radius 3 is 2.78 bits per heavy atom. The number of pyridine rings is 2. The van der Waals surface area contributed by atoms with Crippen molar-refractivity contribution in [2.75, 3.05) is 5.73 Å². The van der Waals surface area contributed by atoms with Crippen molar-refractivity contribution in [2.24, 2.45) is 0 Å².